The summed E-state index contributed by atoms with van der Waals surface area (Å²) in [6.07, 6.45) is 4.04. The molecule has 0 saturated heterocycles. The molecule has 0 aliphatic heterocycles. The molecule has 120 valence electrons. The van der Waals surface area contributed by atoms with Crippen molar-refractivity contribution in [3.05, 3.63) is 21.3 Å². The molecule has 0 aromatic carbocycles. The number of nitrogens with one attached hydrogen (secondary N) is 1. The normalized spacial score (nSPS) is 27.3. The standard InChI is InChI=1S/C18H30ClNS/c1-12(2)13-6-7-14(11-20-18(3,4)5)15(10-13)16-8-9-17(19)21-16/h8-9,12-15,20H,6-7,10-11H2,1-5H3. The molecule has 0 radical (unpaired) electrons. The van der Waals surface area contributed by atoms with Gasteiger partial charge in [0, 0.05) is 10.4 Å². The molecule has 3 unspecified atom stereocenters. The minimum atomic E-state index is 0.201. The van der Waals surface area contributed by atoms with Crippen molar-refractivity contribution < 1.29 is 0 Å². The molecule has 3 heteroatoms. The number of halogens is 1. The Bertz CT molecular complexity index is 446. The maximum Gasteiger partial charge on any atom is 0.0931 e. The molecule has 2 rings (SSSR count). The van der Waals surface area contributed by atoms with Crippen molar-refractivity contribution in [1.29, 1.82) is 0 Å². The van der Waals surface area contributed by atoms with E-state index in [-0.39, 0.29) is 5.54 Å². The molecule has 0 spiro atoms. The molecule has 1 aromatic rings. The maximum absolute atomic E-state index is 6.18. The molecule has 1 heterocycles. The van der Waals surface area contributed by atoms with Gasteiger partial charge in [0.15, 0.2) is 0 Å². The minimum Gasteiger partial charge on any atom is -0.312 e. The fraction of sp³-hybridized carbons (Fsp3) is 0.778. The van der Waals surface area contributed by atoms with Gasteiger partial charge >= 0.3 is 0 Å². The van der Waals surface area contributed by atoms with Crippen LogP contribution in [0.25, 0.3) is 0 Å². The Balaban J connectivity index is 2.10. The SMILES string of the molecule is CC(C)C1CCC(CNC(C)(C)C)C(c2ccc(Cl)s2)C1. The number of hydrogen-bond acceptors (Lipinski definition) is 2. The number of hydrogen-bond donors (Lipinski definition) is 1. The second kappa shape index (κ2) is 7.02. The Morgan fingerprint density at radius 1 is 1.29 bits per heavy atom. The molecule has 1 aromatic heterocycles. The van der Waals surface area contributed by atoms with Gasteiger partial charge in [-0.1, -0.05) is 25.4 Å². The molecule has 1 fully saturated rings. The van der Waals surface area contributed by atoms with Crippen LogP contribution in [0.3, 0.4) is 0 Å². The molecule has 3 atom stereocenters. The lowest BCUT2D eigenvalue weighted by Crippen LogP contribution is -2.41. The Morgan fingerprint density at radius 2 is 2.00 bits per heavy atom. The lowest BCUT2D eigenvalue weighted by Gasteiger charge is -2.39. The predicted molar refractivity (Wildman–Crippen MR) is 95.5 cm³/mol. The first-order chi connectivity index (χ1) is 9.76. The number of rotatable bonds is 4. The van der Waals surface area contributed by atoms with E-state index in [1.165, 1.54) is 24.1 Å². The Kier molecular flexibility index (Phi) is 5.78. The Labute approximate surface area is 139 Å². The molecule has 1 nitrogen and oxygen atoms in total. The van der Waals surface area contributed by atoms with Gasteiger partial charge in [0.2, 0.25) is 0 Å². The van der Waals surface area contributed by atoms with E-state index in [9.17, 15) is 0 Å². The van der Waals surface area contributed by atoms with Gasteiger partial charge in [-0.05, 0) is 82.4 Å². The van der Waals surface area contributed by atoms with Crippen LogP contribution in [-0.4, -0.2) is 12.1 Å². The first kappa shape index (κ1) is 17.3. The first-order valence-electron chi connectivity index (χ1n) is 8.26. The van der Waals surface area contributed by atoms with E-state index in [1.807, 2.05) is 0 Å². The molecule has 0 amide bonds. The van der Waals surface area contributed by atoms with E-state index in [2.05, 4.69) is 52.1 Å². The quantitative estimate of drug-likeness (QED) is 0.721. The zero-order valence-corrected chi connectivity index (χ0v) is 15.7. The van der Waals surface area contributed by atoms with E-state index in [1.54, 1.807) is 11.3 Å². The smallest absolute Gasteiger partial charge is 0.0931 e. The number of thiophene rings is 1. The van der Waals surface area contributed by atoms with Gasteiger partial charge in [0.05, 0.1) is 4.34 Å². The van der Waals surface area contributed by atoms with Gasteiger partial charge in [0.1, 0.15) is 0 Å². The van der Waals surface area contributed by atoms with Gasteiger partial charge in [-0.2, -0.15) is 0 Å². The van der Waals surface area contributed by atoms with E-state index in [0.717, 1.165) is 28.6 Å². The van der Waals surface area contributed by atoms with Gasteiger partial charge in [-0.15, -0.1) is 11.3 Å². The second-order valence-corrected chi connectivity index (χ2v) is 9.70. The molecule has 1 N–H and O–H groups in total. The van der Waals surface area contributed by atoms with E-state index < -0.39 is 0 Å². The Hall–Kier alpha value is -0.0500. The maximum atomic E-state index is 6.18. The highest BCUT2D eigenvalue weighted by Gasteiger charge is 2.33. The van der Waals surface area contributed by atoms with Crippen molar-refractivity contribution in [1.82, 2.24) is 5.32 Å². The van der Waals surface area contributed by atoms with Crippen molar-refractivity contribution in [2.24, 2.45) is 17.8 Å². The largest absolute Gasteiger partial charge is 0.312 e. The molecular formula is C18H30ClNS. The molecule has 0 bridgehead atoms. The van der Waals surface area contributed by atoms with Gasteiger partial charge in [-0.3, -0.25) is 0 Å². The summed E-state index contributed by atoms with van der Waals surface area (Å²) in [5.41, 5.74) is 0.201. The van der Waals surface area contributed by atoms with Crippen LogP contribution < -0.4 is 5.32 Å². The summed E-state index contributed by atoms with van der Waals surface area (Å²) in [5.74, 6) is 3.08. The van der Waals surface area contributed by atoms with Crippen LogP contribution in [0.15, 0.2) is 12.1 Å². The third kappa shape index (κ3) is 4.97. The lowest BCUT2D eigenvalue weighted by molar-refractivity contribution is 0.184. The van der Waals surface area contributed by atoms with E-state index in [4.69, 9.17) is 11.6 Å². The highest BCUT2D eigenvalue weighted by molar-refractivity contribution is 7.16. The van der Waals surface area contributed by atoms with Crippen molar-refractivity contribution in [2.75, 3.05) is 6.54 Å². The van der Waals surface area contributed by atoms with Crippen LogP contribution in [0.5, 0.6) is 0 Å². The summed E-state index contributed by atoms with van der Waals surface area (Å²) in [6, 6.07) is 4.32. The monoisotopic (exact) mass is 327 g/mol. The topological polar surface area (TPSA) is 12.0 Å². The van der Waals surface area contributed by atoms with Crippen LogP contribution >= 0.6 is 22.9 Å². The summed E-state index contributed by atoms with van der Waals surface area (Å²) in [6.45, 7) is 12.6. The summed E-state index contributed by atoms with van der Waals surface area (Å²) in [7, 11) is 0. The molecule has 1 saturated carbocycles. The second-order valence-electron chi connectivity index (χ2n) is 7.96. The van der Waals surface area contributed by atoms with Crippen LogP contribution in [-0.2, 0) is 0 Å². The van der Waals surface area contributed by atoms with Crippen LogP contribution in [0.2, 0.25) is 4.34 Å². The third-order valence-corrected chi connectivity index (χ3v) is 6.19. The molecule has 1 aliphatic carbocycles. The fourth-order valence-electron chi connectivity index (χ4n) is 3.43. The zero-order chi connectivity index (χ0) is 15.6. The lowest BCUT2D eigenvalue weighted by atomic mass is 9.70. The fourth-order valence-corrected chi connectivity index (χ4v) is 4.70. The first-order valence-corrected chi connectivity index (χ1v) is 9.46. The van der Waals surface area contributed by atoms with Crippen molar-refractivity contribution in [2.45, 2.75) is 65.3 Å². The minimum absolute atomic E-state index is 0.201. The van der Waals surface area contributed by atoms with Gasteiger partial charge in [0.25, 0.3) is 0 Å². The van der Waals surface area contributed by atoms with E-state index in [0.29, 0.717) is 5.92 Å². The van der Waals surface area contributed by atoms with Gasteiger partial charge < -0.3 is 5.32 Å². The van der Waals surface area contributed by atoms with Crippen molar-refractivity contribution in [3.8, 4) is 0 Å². The van der Waals surface area contributed by atoms with E-state index >= 15 is 0 Å². The van der Waals surface area contributed by atoms with Crippen molar-refractivity contribution in [3.63, 3.8) is 0 Å². The van der Waals surface area contributed by atoms with Gasteiger partial charge in [-0.25, -0.2) is 0 Å². The average Bonchev–Trinajstić information content (AvgIpc) is 2.81. The summed E-state index contributed by atoms with van der Waals surface area (Å²) in [5, 5.41) is 3.71. The van der Waals surface area contributed by atoms with Crippen LogP contribution in [0.4, 0.5) is 0 Å². The van der Waals surface area contributed by atoms with Crippen LogP contribution in [0.1, 0.15) is 64.7 Å². The summed E-state index contributed by atoms with van der Waals surface area (Å²) >= 11 is 7.96. The Morgan fingerprint density at radius 3 is 2.52 bits per heavy atom. The third-order valence-electron chi connectivity index (χ3n) is 4.83. The highest BCUT2D eigenvalue weighted by Crippen LogP contribution is 2.45. The summed E-state index contributed by atoms with van der Waals surface area (Å²) < 4.78 is 0.930. The van der Waals surface area contributed by atoms with Crippen LogP contribution in [0, 0.1) is 17.8 Å². The zero-order valence-electron chi connectivity index (χ0n) is 14.1. The summed E-state index contributed by atoms with van der Waals surface area (Å²) in [4.78, 5) is 1.49. The molecule has 1 aliphatic rings. The van der Waals surface area contributed by atoms with Crippen molar-refractivity contribution >= 4 is 22.9 Å². The average molecular weight is 328 g/mol. The molecular weight excluding hydrogens is 298 g/mol. The highest BCUT2D eigenvalue weighted by atomic mass is 35.5. The predicted octanol–water partition coefficient (Wildman–Crippen LogP) is 5.95. The molecule has 21 heavy (non-hydrogen) atoms.